The molecule has 0 saturated heterocycles. The Morgan fingerprint density at radius 1 is 1.10 bits per heavy atom. The molecule has 7 heteroatoms. The van der Waals surface area contributed by atoms with E-state index in [4.69, 9.17) is 0 Å². The van der Waals surface area contributed by atoms with Crippen LogP contribution in [-0.4, -0.2) is 17.6 Å². The lowest BCUT2D eigenvalue weighted by Crippen LogP contribution is -2.32. The molecular formula is C14H10N2O4S. The highest BCUT2D eigenvalue weighted by Crippen LogP contribution is 2.47. The van der Waals surface area contributed by atoms with Gasteiger partial charge in [0.05, 0.1) is 11.4 Å². The Balaban J connectivity index is 2.02. The number of anilines is 2. The molecule has 1 amide bonds. The van der Waals surface area contributed by atoms with Crippen molar-refractivity contribution in [1.29, 1.82) is 0 Å². The van der Waals surface area contributed by atoms with Crippen LogP contribution in [0.5, 0.6) is 0 Å². The van der Waals surface area contributed by atoms with E-state index >= 15 is 0 Å². The summed E-state index contributed by atoms with van der Waals surface area (Å²) in [7, 11) is 0. The average Bonchev–Trinajstić information content (AvgIpc) is 2.50. The van der Waals surface area contributed by atoms with E-state index in [2.05, 4.69) is 4.84 Å². The molecule has 0 bridgehead atoms. The van der Waals surface area contributed by atoms with E-state index in [9.17, 15) is 14.9 Å². The van der Waals surface area contributed by atoms with Gasteiger partial charge in [-0.15, -0.1) is 10.1 Å². The van der Waals surface area contributed by atoms with E-state index in [1.165, 1.54) is 4.90 Å². The predicted octanol–water partition coefficient (Wildman–Crippen LogP) is 3.02. The molecule has 0 unspecified atom stereocenters. The summed E-state index contributed by atoms with van der Waals surface area (Å²) < 4.78 is 0. The molecule has 0 aliphatic carbocycles. The lowest BCUT2D eigenvalue weighted by molar-refractivity contribution is -0.754. The third kappa shape index (κ3) is 2.55. The van der Waals surface area contributed by atoms with Gasteiger partial charge in [0.25, 0.3) is 11.0 Å². The Morgan fingerprint density at radius 2 is 1.62 bits per heavy atom. The van der Waals surface area contributed by atoms with Crippen LogP contribution < -0.4 is 4.90 Å². The molecule has 2 aromatic carbocycles. The Kier molecular flexibility index (Phi) is 3.49. The number of nitrogens with zero attached hydrogens (tertiary/aromatic N) is 2. The van der Waals surface area contributed by atoms with Gasteiger partial charge in [-0.3, -0.25) is 9.69 Å². The maximum Gasteiger partial charge on any atom is 0.295 e. The number of hydrogen-bond donors (Lipinski definition) is 0. The second-order valence-corrected chi connectivity index (χ2v) is 5.35. The first-order valence-electron chi connectivity index (χ1n) is 6.13. The molecule has 3 rings (SSSR count). The first-order chi connectivity index (χ1) is 10.2. The molecule has 1 aliphatic rings. The van der Waals surface area contributed by atoms with Crippen molar-refractivity contribution >= 4 is 29.0 Å². The quantitative estimate of drug-likeness (QED) is 0.643. The van der Waals surface area contributed by atoms with Gasteiger partial charge < -0.3 is 4.84 Å². The topological polar surface area (TPSA) is 72.7 Å². The molecule has 1 heterocycles. The normalized spacial score (nSPS) is 12.3. The van der Waals surface area contributed by atoms with Crippen LogP contribution >= 0.6 is 11.8 Å². The number of amides is 1. The van der Waals surface area contributed by atoms with E-state index < -0.39 is 17.6 Å². The van der Waals surface area contributed by atoms with Crippen LogP contribution in [0, 0.1) is 10.1 Å². The standard InChI is InChI=1S/C14H10N2O4S/c17-14(9-20-16(18)19)15-10-5-1-3-7-12(10)21-13-8-4-2-6-11(13)15/h1-8H,9H2. The molecule has 2 aromatic rings. The van der Waals surface area contributed by atoms with Gasteiger partial charge in [0.15, 0.2) is 6.61 Å². The molecule has 1 aliphatic heterocycles. The SMILES string of the molecule is O=C(CO[N+](=O)[O-])N1c2ccccc2Sc2ccccc21. The minimum Gasteiger partial charge on any atom is -0.304 e. The van der Waals surface area contributed by atoms with Gasteiger partial charge in [-0.1, -0.05) is 36.0 Å². The smallest absolute Gasteiger partial charge is 0.295 e. The van der Waals surface area contributed by atoms with Gasteiger partial charge in [-0.25, -0.2) is 0 Å². The van der Waals surface area contributed by atoms with Gasteiger partial charge in [-0.2, -0.15) is 0 Å². The molecule has 0 saturated carbocycles. The zero-order valence-corrected chi connectivity index (χ0v) is 11.6. The minimum absolute atomic E-state index is 0.480. The van der Waals surface area contributed by atoms with E-state index in [-0.39, 0.29) is 0 Å². The predicted molar refractivity (Wildman–Crippen MR) is 77.1 cm³/mol. The summed E-state index contributed by atoms with van der Waals surface area (Å²) >= 11 is 1.56. The van der Waals surface area contributed by atoms with Crippen LogP contribution in [0.15, 0.2) is 58.3 Å². The Morgan fingerprint density at radius 3 is 2.14 bits per heavy atom. The van der Waals surface area contributed by atoms with Crippen molar-refractivity contribution in [2.45, 2.75) is 9.79 Å². The van der Waals surface area contributed by atoms with Gasteiger partial charge >= 0.3 is 0 Å². The van der Waals surface area contributed by atoms with Crippen molar-refractivity contribution in [1.82, 2.24) is 0 Å². The summed E-state index contributed by atoms with van der Waals surface area (Å²) in [6.45, 7) is -0.611. The minimum atomic E-state index is -0.964. The van der Waals surface area contributed by atoms with Crippen molar-refractivity contribution in [2.24, 2.45) is 0 Å². The molecule has 0 fully saturated rings. The molecule has 6 nitrogen and oxygen atoms in total. The zero-order chi connectivity index (χ0) is 14.8. The lowest BCUT2D eigenvalue weighted by atomic mass is 10.2. The van der Waals surface area contributed by atoms with E-state index in [0.29, 0.717) is 11.4 Å². The summed E-state index contributed by atoms with van der Waals surface area (Å²) in [4.78, 5) is 30.1. The second kappa shape index (κ2) is 5.45. The molecule has 0 atom stereocenters. The van der Waals surface area contributed by atoms with Crippen LogP contribution in [-0.2, 0) is 9.63 Å². The molecule has 0 spiro atoms. The number of carbonyl (C=O) groups is 1. The summed E-state index contributed by atoms with van der Waals surface area (Å²) in [5.41, 5.74) is 1.41. The molecule has 21 heavy (non-hydrogen) atoms. The fraction of sp³-hybridized carbons (Fsp3) is 0.0714. The molecule has 0 aromatic heterocycles. The summed E-state index contributed by atoms with van der Waals surface area (Å²) in [5.74, 6) is -0.480. The van der Waals surface area contributed by atoms with Crippen molar-refractivity contribution < 1.29 is 14.7 Å². The van der Waals surface area contributed by atoms with Crippen molar-refractivity contribution in [3.05, 3.63) is 58.6 Å². The maximum atomic E-state index is 12.3. The van der Waals surface area contributed by atoms with Crippen LogP contribution in [0.3, 0.4) is 0 Å². The lowest BCUT2D eigenvalue weighted by Gasteiger charge is -2.30. The largest absolute Gasteiger partial charge is 0.304 e. The molecule has 0 N–H and O–H groups in total. The maximum absolute atomic E-state index is 12.3. The van der Waals surface area contributed by atoms with Crippen molar-refractivity contribution in [2.75, 3.05) is 11.5 Å². The highest BCUT2D eigenvalue weighted by atomic mass is 32.2. The monoisotopic (exact) mass is 302 g/mol. The van der Waals surface area contributed by atoms with Gasteiger partial charge in [-0.05, 0) is 24.3 Å². The molecule has 0 radical (unpaired) electrons. The Bertz CT molecular complexity index is 674. The van der Waals surface area contributed by atoms with Crippen LogP contribution in [0.25, 0.3) is 0 Å². The fourth-order valence-corrected chi connectivity index (χ4v) is 3.20. The zero-order valence-electron chi connectivity index (χ0n) is 10.8. The molecular weight excluding hydrogens is 292 g/mol. The fourth-order valence-electron chi connectivity index (χ4n) is 2.15. The number of fused-ring (bicyclic) bond motifs is 2. The summed E-state index contributed by atoms with van der Waals surface area (Å²) in [6, 6.07) is 14.8. The summed E-state index contributed by atoms with van der Waals surface area (Å²) in [6.07, 6.45) is 0. The van der Waals surface area contributed by atoms with E-state index in [0.717, 1.165) is 9.79 Å². The Labute approximate surface area is 124 Å². The first-order valence-corrected chi connectivity index (χ1v) is 6.94. The second-order valence-electron chi connectivity index (χ2n) is 4.26. The van der Waals surface area contributed by atoms with Crippen LogP contribution in [0.1, 0.15) is 0 Å². The third-order valence-electron chi connectivity index (χ3n) is 2.98. The van der Waals surface area contributed by atoms with Crippen LogP contribution in [0.2, 0.25) is 0 Å². The van der Waals surface area contributed by atoms with Crippen LogP contribution in [0.4, 0.5) is 11.4 Å². The number of hydrogen-bond acceptors (Lipinski definition) is 5. The van der Waals surface area contributed by atoms with E-state index in [1.54, 1.807) is 11.8 Å². The van der Waals surface area contributed by atoms with E-state index in [1.807, 2.05) is 48.5 Å². The van der Waals surface area contributed by atoms with Crippen molar-refractivity contribution in [3.63, 3.8) is 0 Å². The Hall–Kier alpha value is -2.54. The first kappa shape index (κ1) is 13.4. The highest BCUT2D eigenvalue weighted by Gasteiger charge is 2.28. The van der Waals surface area contributed by atoms with Gasteiger partial charge in [0.1, 0.15) is 0 Å². The molecule has 106 valence electrons. The number of para-hydroxylation sites is 2. The summed E-state index contributed by atoms with van der Waals surface area (Å²) in [5, 5.41) is 9.32. The van der Waals surface area contributed by atoms with Gasteiger partial charge in [0.2, 0.25) is 0 Å². The highest BCUT2D eigenvalue weighted by molar-refractivity contribution is 7.99. The number of benzene rings is 2. The van der Waals surface area contributed by atoms with Crippen molar-refractivity contribution in [3.8, 4) is 0 Å². The van der Waals surface area contributed by atoms with Gasteiger partial charge in [0, 0.05) is 9.79 Å². The number of rotatable bonds is 3. The average molecular weight is 302 g/mol. The third-order valence-corrected chi connectivity index (χ3v) is 4.11. The number of carbonyl (C=O) groups excluding carboxylic acids is 1.